The molecule has 2 aromatic rings. The molecule has 3 fully saturated rings. The third kappa shape index (κ3) is 5.26. The van der Waals surface area contributed by atoms with Gasteiger partial charge in [0.05, 0.1) is 0 Å². The van der Waals surface area contributed by atoms with Gasteiger partial charge in [-0.1, -0.05) is 81.3 Å². The molecule has 0 radical (unpaired) electrons. The highest BCUT2D eigenvalue weighted by Crippen LogP contribution is 2.57. The first-order valence-corrected chi connectivity index (χ1v) is 12.9. The highest BCUT2D eigenvalue weighted by atomic mass is 14.5. The molecule has 0 spiro atoms. The number of unbranched alkanes of at least 4 members (excludes halogenated alkanes) is 3. The van der Waals surface area contributed by atoms with Gasteiger partial charge in [-0.25, -0.2) is 0 Å². The second kappa shape index (κ2) is 10.1. The normalized spacial score (nSPS) is 24.6. The average molecular weight is 413 g/mol. The molecule has 0 nitrogen and oxygen atoms in total. The van der Waals surface area contributed by atoms with Crippen molar-refractivity contribution in [3.63, 3.8) is 0 Å². The number of fused-ring (bicyclic) bond motifs is 3. The molecule has 5 rings (SSSR count). The lowest BCUT2D eigenvalue weighted by molar-refractivity contribution is 0.0865. The van der Waals surface area contributed by atoms with E-state index in [0.29, 0.717) is 5.41 Å². The van der Waals surface area contributed by atoms with Crippen molar-refractivity contribution in [2.75, 3.05) is 0 Å². The van der Waals surface area contributed by atoms with Crippen molar-refractivity contribution in [3.05, 3.63) is 70.8 Å². The Bertz CT molecular complexity index is 863. The van der Waals surface area contributed by atoms with Crippen molar-refractivity contribution < 1.29 is 0 Å². The van der Waals surface area contributed by atoms with Crippen molar-refractivity contribution in [1.29, 1.82) is 0 Å². The first-order chi connectivity index (χ1) is 15.2. The van der Waals surface area contributed by atoms with Crippen LogP contribution in [0.3, 0.4) is 0 Å². The summed E-state index contributed by atoms with van der Waals surface area (Å²) in [7, 11) is 0. The van der Waals surface area contributed by atoms with E-state index >= 15 is 0 Å². The highest BCUT2D eigenvalue weighted by Gasteiger charge is 2.48. The molecule has 0 aliphatic heterocycles. The Labute approximate surface area is 190 Å². The van der Waals surface area contributed by atoms with Gasteiger partial charge in [0.25, 0.3) is 0 Å². The van der Waals surface area contributed by atoms with Crippen molar-refractivity contribution in [3.8, 4) is 11.8 Å². The van der Waals surface area contributed by atoms with Gasteiger partial charge in [0, 0.05) is 11.0 Å². The Morgan fingerprint density at radius 3 is 1.77 bits per heavy atom. The zero-order chi connectivity index (χ0) is 21.6. The maximum atomic E-state index is 3.76. The van der Waals surface area contributed by atoms with E-state index in [1.807, 2.05) is 0 Å². The van der Waals surface area contributed by atoms with Crippen LogP contribution in [0.4, 0.5) is 0 Å². The Hall–Kier alpha value is -2.00. The van der Waals surface area contributed by atoms with Crippen LogP contribution in [0.1, 0.15) is 107 Å². The molecule has 0 aromatic heterocycles. The summed E-state index contributed by atoms with van der Waals surface area (Å²) < 4.78 is 0. The van der Waals surface area contributed by atoms with Crippen molar-refractivity contribution in [1.82, 2.24) is 0 Å². The molecule has 0 atom stereocenters. The Morgan fingerprint density at radius 2 is 1.19 bits per heavy atom. The Morgan fingerprint density at radius 1 is 0.645 bits per heavy atom. The smallest absolute Gasteiger partial charge is 0.0319 e. The molecular formula is C31H40. The molecular weight excluding hydrogens is 372 g/mol. The zero-order valence-corrected chi connectivity index (χ0v) is 19.8. The average Bonchev–Trinajstić information content (AvgIpc) is 2.84. The summed E-state index contributed by atoms with van der Waals surface area (Å²) >= 11 is 0. The minimum Gasteiger partial charge on any atom is -0.0911 e. The van der Waals surface area contributed by atoms with E-state index < -0.39 is 0 Å². The third-order valence-corrected chi connectivity index (χ3v) is 8.13. The standard InChI is InChI=1S/C31H40/c1-3-5-7-9-27-14-16-29(17-15-27)31-23-20-30(21-24-31,22-25-31)19-18-28-12-10-26(11-13-28)8-6-4-2/h10-17H,3-9,20-25H2,1-2H3. The molecule has 3 aliphatic carbocycles. The molecule has 3 saturated carbocycles. The van der Waals surface area contributed by atoms with Gasteiger partial charge in [0.2, 0.25) is 0 Å². The molecule has 0 amide bonds. The van der Waals surface area contributed by atoms with Crippen LogP contribution in [0.2, 0.25) is 0 Å². The van der Waals surface area contributed by atoms with Crippen molar-refractivity contribution in [2.45, 2.75) is 103 Å². The summed E-state index contributed by atoms with van der Waals surface area (Å²) in [5, 5.41) is 0. The van der Waals surface area contributed by atoms with E-state index in [1.165, 1.54) is 100 Å². The van der Waals surface area contributed by atoms with Crippen molar-refractivity contribution in [2.24, 2.45) is 5.41 Å². The van der Waals surface area contributed by atoms with Crippen LogP contribution in [-0.2, 0) is 18.3 Å². The van der Waals surface area contributed by atoms with Crippen LogP contribution in [-0.4, -0.2) is 0 Å². The van der Waals surface area contributed by atoms with Crippen molar-refractivity contribution >= 4 is 0 Å². The summed E-state index contributed by atoms with van der Waals surface area (Å²) in [6, 6.07) is 18.7. The molecule has 2 aromatic carbocycles. The lowest BCUT2D eigenvalue weighted by Gasteiger charge is -2.51. The topological polar surface area (TPSA) is 0 Å². The molecule has 0 N–H and O–H groups in total. The Balaban J connectivity index is 1.37. The van der Waals surface area contributed by atoms with Gasteiger partial charge in [-0.15, -0.1) is 0 Å². The molecule has 3 aliphatic rings. The van der Waals surface area contributed by atoms with Gasteiger partial charge in [0.1, 0.15) is 0 Å². The summed E-state index contributed by atoms with van der Waals surface area (Å²) in [6.07, 6.45) is 16.7. The van der Waals surface area contributed by atoms with E-state index in [0.717, 1.165) is 0 Å². The number of hydrogen-bond acceptors (Lipinski definition) is 0. The van der Waals surface area contributed by atoms with Crippen LogP contribution >= 0.6 is 0 Å². The van der Waals surface area contributed by atoms with Crippen LogP contribution in [0, 0.1) is 17.3 Å². The molecule has 0 unspecified atom stereocenters. The molecule has 2 bridgehead atoms. The van der Waals surface area contributed by atoms with Gasteiger partial charge < -0.3 is 0 Å². The molecule has 0 heterocycles. The van der Waals surface area contributed by atoms with Gasteiger partial charge in [-0.2, -0.15) is 0 Å². The Kier molecular flexibility index (Phi) is 7.22. The fourth-order valence-corrected chi connectivity index (χ4v) is 5.75. The lowest BCUT2D eigenvalue weighted by Crippen LogP contribution is -2.43. The summed E-state index contributed by atoms with van der Waals surface area (Å²) in [4.78, 5) is 0. The van der Waals surface area contributed by atoms with E-state index in [-0.39, 0.29) is 5.41 Å². The largest absolute Gasteiger partial charge is 0.0911 e. The minimum atomic E-state index is 0.267. The first kappa shape index (κ1) is 22.2. The van der Waals surface area contributed by atoms with E-state index in [1.54, 1.807) is 5.56 Å². The van der Waals surface area contributed by atoms with E-state index in [2.05, 4.69) is 74.2 Å². The summed E-state index contributed by atoms with van der Waals surface area (Å²) in [6.45, 7) is 4.54. The van der Waals surface area contributed by atoms with Crippen LogP contribution < -0.4 is 0 Å². The van der Waals surface area contributed by atoms with Gasteiger partial charge in [-0.3, -0.25) is 0 Å². The molecule has 0 saturated heterocycles. The molecule has 31 heavy (non-hydrogen) atoms. The first-order valence-electron chi connectivity index (χ1n) is 12.9. The third-order valence-electron chi connectivity index (χ3n) is 8.13. The molecule has 0 heteroatoms. The number of hydrogen-bond donors (Lipinski definition) is 0. The van der Waals surface area contributed by atoms with Crippen LogP contribution in [0.25, 0.3) is 0 Å². The second-order valence-electron chi connectivity index (χ2n) is 10.3. The predicted molar refractivity (Wildman–Crippen MR) is 133 cm³/mol. The minimum absolute atomic E-state index is 0.267. The van der Waals surface area contributed by atoms with E-state index in [9.17, 15) is 0 Å². The quantitative estimate of drug-likeness (QED) is 0.301. The fraction of sp³-hybridized carbons (Fsp3) is 0.548. The highest BCUT2D eigenvalue weighted by molar-refractivity contribution is 5.39. The lowest BCUT2D eigenvalue weighted by atomic mass is 9.52. The number of aryl methyl sites for hydroxylation is 2. The zero-order valence-electron chi connectivity index (χ0n) is 19.8. The monoisotopic (exact) mass is 412 g/mol. The maximum absolute atomic E-state index is 3.76. The van der Waals surface area contributed by atoms with Gasteiger partial charge >= 0.3 is 0 Å². The molecule has 164 valence electrons. The maximum Gasteiger partial charge on any atom is 0.0319 e. The van der Waals surface area contributed by atoms with E-state index in [4.69, 9.17) is 0 Å². The van der Waals surface area contributed by atoms with Crippen LogP contribution in [0.15, 0.2) is 48.5 Å². The van der Waals surface area contributed by atoms with Crippen LogP contribution in [0.5, 0.6) is 0 Å². The van der Waals surface area contributed by atoms with Gasteiger partial charge in [-0.05, 0) is 98.4 Å². The summed E-state index contributed by atoms with van der Waals surface area (Å²) in [5.74, 6) is 7.31. The predicted octanol–water partition coefficient (Wildman–Crippen LogP) is 8.41. The second-order valence-corrected chi connectivity index (χ2v) is 10.3. The van der Waals surface area contributed by atoms with Gasteiger partial charge in [0.15, 0.2) is 0 Å². The summed E-state index contributed by atoms with van der Waals surface area (Å²) in [5.41, 5.74) is 6.43. The number of rotatable bonds is 8. The number of benzene rings is 2. The fourth-order valence-electron chi connectivity index (χ4n) is 5.75. The SMILES string of the molecule is CCCCCc1ccc(C23CCC(C#Cc4ccc(CCCC)cc4)(CC2)CC3)cc1.